The highest BCUT2D eigenvalue weighted by Crippen LogP contribution is 2.24. The number of hydrogen-bond acceptors (Lipinski definition) is 4. The minimum atomic E-state index is -0.0967. The summed E-state index contributed by atoms with van der Waals surface area (Å²) < 4.78 is 5.65. The van der Waals surface area contributed by atoms with Crippen molar-refractivity contribution in [1.82, 2.24) is 15.4 Å². The number of ether oxygens (including phenoxy) is 1. The standard InChI is InChI=1S/C16H22N4O2/c1-16(2,3)12-6-8-13(9-7-12)22-10-4-5-15(21)18-14-11-17-20-19-14/h6-9,11H,4-5,10H2,1-3H3,(H2,17,18,19,20,21). The number of nitrogens with one attached hydrogen (secondary N) is 2. The van der Waals surface area contributed by atoms with Crippen molar-refractivity contribution >= 4 is 11.7 Å². The fraction of sp³-hybridized carbons (Fsp3) is 0.438. The SMILES string of the molecule is CC(C)(C)c1ccc(OCCCC(=O)Nc2cn[nH]n2)cc1. The summed E-state index contributed by atoms with van der Waals surface area (Å²) in [6.07, 6.45) is 2.49. The molecule has 118 valence electrons. The highest BCUT2D eigenvalue weighted by molar-refractivity contribution is 5.89. The Labute approximate surface area is 130 Å². The first-order valence-electron chi connectivity index (χ1n) is 7.34. The number of hydrogen-bond donors (Lipinski definition) is 2. The van der Waals surface area contributed by atoms with E-state index in [4.69, 9.17) is 4.74 Å². The number of H-pyrrole nitrogens is 1. The summed E-state index contributed by atoms with van der Waals surface area (Å²) in [4.78, 5) is 11.6. The van der Waals surface area contributed by atoms with Gasteiger partial charge in [0.25, 0.3) is 0 Å². The molecule has 1 heterocycles. The molecule has 0 atom stereocenters. The Morgan fingerprint density at radius 2 is 2.00 bits per heavy atom. The molecular weight excluding hydrogens is 280 g/mol. The zero-order valence-electron chi connectivity index (χ0n) is 13.2. The van der Waals surface area contributed by atoms with E-state index in [9.17, 15) is 4.79 Å². The first kappa shape index (κ1) is 16.0. The molecule has 0 unspecified atom stereocenters. The normalized spacial score (nSPS) is 11.2. The Morgan fingerprint density at radius 3 is 2.59 bits per heavy atom. The fourth-order valence-electron chi connectivity index (χ4n) is 1.94. The lowest BCUT2D eigenvalue weighted by Gasteiger charge is -2.19. The van der Waals surface area contributed by atoms with Gasteiger partial charge in [-0.1, -0.05) is 32.9 Å². The molecular formula is C16H22N4O2. The van der Waals surface area contributed by atoms with Crippen LogP contribution in [-0.4, -0.2) is 27.9 Å². The van der Waals surface area contributed by atoms with Crippen molar-refractivity contribution in [2.45, 2.75) is 39.0 Å². The van der Waals surface area contributed by atoms with Crippen LogP contribution in [-0.2, 0) is 10.2 Å². The summed E-state index contributed by atoms with van der Waals surface area (Å²) in [5.41, 5.74) is 1.41. The number of nitrogens with zero attached hydrogens (tertiary/aromatic N) is 2. The lowest BCUT2D eigenvalue weighted by Crippen LogP contribution is -2.13. The number of aromatic nitrogens is 3. The van der Waals surface area contributed by atoms with Crippen molar-refractivity contribution in [1.29, 1.82) is 0 Å². The van der Waals surface area contributed by atoms with Gasteiger partial charge in [0, 0.05) is 6.42 Å². The van der Waals surface area contributed by atoms with E-state index in [2.05, 4.69) is 53.6 Å². The molecule has 0 aliphatic rings. The first-order valence-corrected chi connectivity index (χ1v) is 7.34. The van der Waals surface area contributed by atoms with Crippen molar-refractivity contribution < 1.29 is 9.53 Å². The second kappa shape index (κ2) is 7.06. The van der Waals surface area contributed by atoms with Crippen LogP contribution >= 0.6 is 0 Å². The molecule has 0 fully saturated rings. The monoisotopic (exact) mass is 302 g/mol. The second-order valence-electron chi connectivity index (χ2n) is 6.13. The average molecular weight is 302 g/mol. The van der Waals surface area contributed by atoms with E-state index in [0.717, 1.165) is 5.75 Å². The van der Waals surface area contributed by atoms with Gasteiger partial charge >= 0.3 is 0 Å². The molecule has 1 aromatic carbocycles. The number of aromatic amines is 1. The summed E-state index contributed by atoms with van der Waals surface area (Å²) in [5.74, 6) is 1.16. The largest absolute Gasteiger partial charge is 0.494 e. The van der Waals surface area contributed by atoms with E-state index < -0.39 is 0 Å². The molecule has 6 nitrogen and oxygen atoms in total. The van der Waals surface area contributed by atoms with E-state index in [1.807, 2.05) is 12.1 Å². The number of carbonyl (C=O) groups excluding carboxylic acids is 1. The fourth-order valence-corrected chi connectivity index (χ4v) is 1.94. The predicted octanol–water partition coefficient (Wildman–Crippen LogP) is 2.90. The van der Waals surface area contributed by atoms with Crippen LogP contribution in [0.4, 0.5) is 5.82 Å². The van der Waals surface area contributed by atoms with Crippen molar-refractivity contribution in [3.8, 4) is 5.75 Å². The van der Waals surface area contributed by atoms with Gasteiger partial charge in [0.1, 0.15) is 5.75 Å². The maximum Gasteiger partial charge on any atom is 0.225 e. The van der Waals surface area contributed by atoms with Crippen LogP contribution in [0.1, 0.15) is 39.2 Å². The van der Waals surface area contributed by atoms with Gasteiger partial charge < -0.3 is 10.1 Å². The summed E-state index contributed by atoms with van der Waals surface area (Å²) in [5, 5.41) is 12.5. The third-order valence-corrected chi connectivity index (χ3v) is 3.22. The van der Waals surface area contributed by atoms with E-state index in [1.54, 1.807) is 0 Å². The third-order valence-electron chi connectivity index (χ3n) is 3.22. The molecule has 0 aliphatic carbocycles. The molecule has 0 aliphatic heterocycles. The van der Waals surface area contributed by atoms with Crippen molar-refractivity contribution in [3.63, 3.8) is 0 Å². The van der Waals surface area contributed by atoms with Crippen LogP contribution in [0.2, 0.25) is 0 Å². The topological polar surface area (TPSA) is 79.9 Å². The van der Waals surface area contributed by atoms with Gasteiger partial charge in [-0.2, -0.15) is 10.3 Å². The molecule has 2 N–H and O–H groups in total. The molecule has 0 bridgehead atoms. The van der Waals surface area contributed by atoms with Crippen LogP contribution in [0.15, 0.2) is 30.5 Å². The van der Waals surface area contributed by atoms with Crippen molar-refractivity contribution in [2.75, 3.05) is 11.9 Å². The van der Waals surface area contributed by atoms with E-state index in [1.165, 1.54) is 11.8 Å². The zero-order valence-corrected chi connectivity index (χ0v) is 13.2. The molecule has 2 aromatic rings. The number of carbonyl (C=O) groups is 1. The minimum Gasteiger partial charge on any atom is -0.494 e. The molecule has 0 spiro atoms. The van der Waals surface area contributed by atoms with Crippen LogP contribution < -0.4 is 10.1 Å². The van der Waals surface area contributed by atoms with Gasteiger partial charge in [0.2, 0.25) is 5.91 Å². The number of benzene rings is 1. The average Bonchev–Trinajstić information content (AvgIpc) is 2.96. The molecule has 1 amide bonds. The third kappa shape index (κ3) is 4.87. The van der Waals surface area contributed by atoms with E-state index in [-0.39, 0.29) is 11.3 Å². The van der Waals surface area contributed by atoms with Crippen LogP contribution in [0, 0.1) is 0 Å². The minimum absolute atomic E-state index is 0.0967. The maximum absolute atomic E-state index is 11.6. The second-order valence-corrected chi connectivity index (χ2v) is 6.13. The lowest BCUT2D eigenvalue weighted by atomic mass is 9.87. The number of rotatable bonds is 6. The van der Waals surface area contributed by atoms with E-state index in [0.29, 0.717) is 25.3 Å². The van der Waals surface area contributed by atoms with Gasteiger partial charge in [-0.25, -0.2) is 0 Å². The van der Waals surface area contributed by atoms with E-state index >= 15 is 0 Å². The van der Waals surface area contributed by atoms with Crippen molar-refractivity contribution in [3.05, 3.63) is 36.0 Å². The Bertz CT molecular complexity index is 586. The maximum atomic E-state index is 11.6. The Kier molecular flexibility index (Phi) is 5.14. The van der Waals surface area contributed by atoms with Gasteiger partial charge in [-0.15, -0.1) is 5.10 Å². The summed E-state index contributed by atoms with van der Waals surface area (Å²) >= 11 is 0. The Morgan fingerprint density at radius 1 is 1.27 bits per heavy atom. The lowest BCUT2D eigenvalue weighted by molar-refractivity contribution is -0.116. The van der Waals surface area contributed by atoms with Crippen molar-refractivity contribution in [2.24, 2.45) is 0 Å². The quantitative estimate of drug-likeness (QED) is 0.804. The van der Waals surface area contributed by atoms with Crippen LogP contribution in [0.5, 0.6) is 5.75 Å². The van der Waals surface area contributed by atoms with Gasteiger partial charge in [0.15, 0.2) is 5.82 Å². The molecule has 22 heavy (non-hydrogen) atoms. The molecule has 0 saturated carbocycles. The van der Waals surface area contributed by atoms with Gasteiger partial charge in [-0.05, 0) is 29.5 Å². The predicted molar refractivity (Wildman–Crippen MR) is 84.9 cm³/mol. The first-order chi connectivity index (χ1) is 10.4. The molecule has 1 aromatic heterocycles. The molecule has 0 radical (unpaired) electrons. The van der Waals surface area contributed by atoms with Crippen LogP contribution in [0.3, 0.4) is 0 Å². The molecule has 6 heteroatoms. The number of anilines is 1. The smallest absolute Gasteiger partial charge is 0.225 e. The zero-order chi connectivity index (χ0) is 16.0. The summed E-state index contributed by atoms with van der Waals surface area (Å²) in [6.45, 7) is 7.03. The molecule has 0 saturated heterocycles. The highest BCUT2D eigenvalue weighted by atomic mass is 16.5. The number of amides is 1. The summed E-state index contributed by atoms with van der Waals surface area (Å²) in [6, 6.07) is 8.09. The Hall–Kier alpha value is -2.37. The van der Waals surface area contributed by atoms with Crippen LogP contribution in [0.25, 0.3) is 0 Å². The molecule has 2 rings (SSSR count). The highest BCUT2D eigenvalue weighted by Gasteiger charge is 2.12. The van der Waals surface area contributed by atoms with Gasteiger partial charge in [0.05, 0.1) is 12.8 Å². The van der Waals surface area contributed by atoms with Gasteiger partial charge in [-0.3, -0.25) is 4.79 Å². The Balaban J connectivity index is 1.69. The summed E-state index contributed by atoms with van der Waals surface area (Å²) in [7, 11) is 0.